The van der Waals surface area contributed by atoms with Gasteiger partial charge in [0.25, 0.3) is 10.0 Å². The van der Waals surface area contributed by atoms with E-state index in [2.05, 4.69) is 15.4 Å². The molecule has 0 saturated heterocycles. The molecule has 0 aliphatic carbocycles. The first-order valence-electron chi connectivity index (χ1n) is 8.44. The molecule has 0 bridgehead atoms. The Morgan fingerprint density at radius 3 is 2.24 bits per heavy atom. The lowest BCUT2D eigenvalue weighted by molar-refractivity contribution is 0.573. The highest BCUT2D eigenvalue weighted by Gasteiger charge is 2.25. The van der Waals surface area contributed by atoms with Crippen molar-refractivity contribution in [3.05, 3.63) is 82.5 Å². The van der Waals surface area contributed by atoms with Gasteiger partial charge in [-0.2, -0.15) is 13.4 Å². The number of hydrogen-bond donors (Lipinski definition) is 1. The molecule has 4 aromatic rings. The molecule has 7 nitrogen and oxygen atoms in total. The van der Waals surface area contributed by atoms with Crippen LogP contribution in [0.3, 0.4) is 0 Å². The van der Waals surface area contributed by atoms with Crippen LogP contribution in [0.25, 0.3) is 11.6 Å². The van der Waals surface area contributed by atoms with Crippen LogP contribution in [0.5, 0.6) is 0 Å². The standard InChI is InChI=1S/C19H14Cl2N4O3S/c20-14-5-3-13(4-6-14)12-22-19-23-18(17-2-1-11-28-17)24-25(19)29(26,27)16-9-7-15(21)8-10-16/h1-11H,12H2,(H,22,23,24). The first-order valence-corrected chi connectivity index (χ1v) is 10.6. The fraction of sp³-hybridized carbons (Fsp3) is 0.0526. The molecule has 0 atom stereocenters. The van der Waals surface area contributed by atoms with Gasteiger partial charge in [-0.15, -0.1) is 9.19 Å². The van der Waals surface area contributed by atoms with Crippen LogP contribution in [0.15, 0.2) is 76.2 Å². The fourth-order valence-electron chi connectivity index (χ4n) is 2.57. The van der Waals surface area contributed by atoms with Crippen LogP contribution in [0.2, 0.25) is 10.0 Å². The van der Waals surface area contributed by atoms with Gasteiger partial charge in [0.15, 0.2) is 5.76 Å². The van der Waals surface area contributed by atoms with Gasteiger partial charge < -0.3 is 9.73 Å². The number of furan rings is 1. The second kappa shape index (κ2) is 7.90. The summed E-state index contributed by atoms with van der Waals surface area (Å²) in [6.07, 6.45) is 1.46. The van der Waals surface area contributed by atoms with E-state index in [1.807, 2.05) is 12.1 Å². The lowest BCUT2D eigenvalue weighted by Crippen LogP contribution is -2.18. The summed E-state index contributed by atoms with van der Waals surface area (Å²) in [4.78, 5) is 4.34. The molecule has 0 aliphatic heterocycles. The smallest absolute Gasteiger partial charge is 0.286 e. The van der Waals surface area contributed by atoms with Crippen molar-refractivity contribution in [1.29, 1.82) is 0 Å². The van der Waals surface area contributed by atoms with Gasteiger partial charge >= 0.3 is 0 Å². The lowest BCUT2D eigenvalue weighted by Gasteiger charge is -2.09. The second-order valence-corrected chi connectivity index (χ2v) is 8.66. The van der Waals surface area contributed by atoms with E-state index in [4.69, 9.17) is 27.6 Å². The van der Waals surface area contributed by atoms with Crippen molar-refractivity contribution in [2.75, 3.05) is 5.32 Å². The Kier molecular flexibility index (Phi) is 5.31. The number of benzene rings is 2. The van der Waals surface area contributed by atoms with E-state index in [0.717, 1.165) is 9.65 Å². The maximum absolute atomic E-state index is 13.1. The molecule has 2 aromatic carbocycles. The number of anilines is 1. The molecular formula is C19H14Cl2N4O3S. The van der Waals surface area contributed by atoms with Crippen molar-refractivity contribution >= 4 is 39.2 Å². The van der Waals surface area contributed by atoms with Gasteiger partial charge in [0.2, 0.25) is 11.8 Å². The van der Waals surface area contributed by atoms with Crippen LogP contribution in [0, 0.1) is 0 Å². The normalized spacial score (nSPS) is 11.5. The number of hydrogen-bond acceptors (Lipinski definition) is 6. The van der Waals surface area contributed by atoms with Crippen LogP contribution in [0.4, 0.5) is 5.95 Å². The average Bonchev–Trinajstić information content (AvgIpc) is 3.38. The van der Waals surface area contributed by atoms with E-state index >= 15 is 0 Å². The number of nitrogens with zero attached hydrogens (tertiary/aromatic N) is 3. The molecule has 0 radical (unpaired) electrons. The SMILES string of the molecule is O=S(=O)(c1ccc(Cl)cc1)n1nc(-c2ccco2)nc1NCc1ccc(Cl)cc1. The summed E-state index contributed by atoms with van der Waals surface area (Å²) >= 11 is 11.8. The van der Waals surface area contributed by atoms with Crippen molar-refractivity contribution in [2.45, 2.75) is 11.4 Å². The molecule has 0 saturated carbocycles. The Morgan fingerprint density at radius 2 is 1.62 bits per heavy atom. The third-order valence-electron chi connectivity index (χ3n) is 4.02. The molecule has 0 fully saturated rings. The fourth-order valence-corrected chi connectivity index (χ4v) is 4.02. The van der Waals surface area contributed by atoms with Crippen LogP contribution >= 0.6 is 23.2 Å². The summed E-state index contributed by atoms with van der Waals surface area (Å²) in [7, 11) is -4.01. The second-order valence-electron chi connectivity index (χ2n) is 6.02. The molecule has 148 valence electrons. The third kappa shape index (κ3) is 4.14. The molecule has 2 heterocycles. The topological polar surface area (TPSA) is 90.0 Å². The quantitative estimate of drug-likeness (QED) is 0.459. The van der Waals surface area contributed by atoms with Gasteiger partial charge in [-0.05, 0) is 54.1 Å². The highest BCUT2D eigenvalue weighted by atomic mass is 35.5. The monoisotopic (exact) mass is 448 g/mol. The maximum atomic E-state index is 13.1. The van der Waals surface area contributed by atoms with E-state index in [1.165, 1.54) is 30.5 Å². The third-order valence-corrected chi connectivity index (χ3v) is 6.10. The Bertz CT molecular complexity index is 1220. The molecule has 10 heteroatoms. The van der Waals surface area contributed by atoms with Gasteiger partial charge in [-0.3, -0.25) is 0 Å². The maximum Gasteiger partial charge on any atom is 0.286 e. The van der Waals surface area contributed by atoms with Gasteiger partial charge in [0, 0.05) is 16.6 Å². The van der Waals surface area contributed by atoms with E-state index < -0.39 is 10.0 Å². The zero-order chi connectivity index (χ0) is 20.4. The predicted molar refractivity (Wildman–Crippen MR) is 111 cm³/mol. The molecule has 4 rings (SSSR count). The number of nitrogens with one attached hydrogen (secondary N) is 1. The summed E-state index contributed by atoms with van der Waals surface area (Å²) < 4.78 is 32.4. The lowest BCUT2D eigenvalue weighted by atomic mass is 10.2. The molecule has 2 aromatic heterocycles. The first-order chi connectivity index (χ1) is 13.9. The van der Waals surface area contributed by atoms with E-state index in [1.54, 1.807) is 24.3 Å². The minimum atomic E-state index is -4.01. The summed E-state index contributed by atoms with van der Waals surface area (Å²) in [5.74, 6) is 0.553. The number of rotatable bonds is 6. The van der Waals surface area contributed by atoms with Crippen LogP contribution in [0.1, 0.15) is 5.56 Å². The van der Waals surface area contributed by atoms with Crippen LogP contribution in [-0.2, 0) is 16.6 Å². The summed E-state index contributed by atoms with van der Waals surface area (Å²) in [5.41, 5.74) is 0.896. The van der Waals surface area contributed by atoms with Crippen molar-refractivity contribution < 1.29 is 12.8 Å². The summed E-state index contributed by atoms with van der Waals surface area (Å²) in [6.45, 7) is 0.323. The Balaban J connectivity index is 1.73. The van der Waals surface area contributed by atoms with E-state index in [0.29, 0.717) is 22.4 Å². The Morgan fingerprint density at radius 1 is 0.966 bits per heavy atom. The molecule has 0 spiro atoms. The van der Waals surface area contributed by atoms with Gasteiger partial charge in [0.05, 0.1) is 11.2 Å². The van der Waals surface area contributed by atoms with Crippen molar-refractivity contribution in [3.63, 3.8) is 0 Å². The zero-order valence-corrected chi connectivity index (χ0v) is 17.1. The van der Waals surface area contributed by atoms with Gasteiger partial charge in [-0.25, -0.2) is 0 Å². The van der Waals surface area contributed by atoms with Crippen LogP contribution < -0.4 is 5.32 Å². The molecular weight excluding hydrogens is 435 g/mol. The van der Waals surface area contributed by atoms with Crippen molar-refractivity contribution in [1.82, 2.24) is 14.2 Å². The first kappa shape index (κ1) is 19.5. The molecule has 29 heavy (non-hydrogen) atoms. The summed E-state index contributed by atoms with van der Waals surface area (Å²) in [6, 6.07) is 16.3. The van der Waals surface area contributed by atoms with Crippen LogP contribution in [-0.4, -0.2) is 22.6 Å². The summed E-state index contributed by atoms with van der Waals surface area (Å²) in [5, 5.41) is 8.22. The van der Waals surface area contributed by atoms with E-state index in [9.17, 15) is 8.42 Å². The minimum absolute atomic E-state index is 0.0346. The largest absolute Gasteiger partial charge is 0.461 e. The Labute approximate surface area is 177 Å². The van der Waals surface area contributed by atoms with Crippen molar-refractivity contribution in [3.8, 4) is 11.6 Å². The van der Waals surface area contributed by atoms with E-state index in [-0.39, 0.29) is 16.7 Å². The molecule has 0 aliphatic rings. The number of halogens is 2. The Hall–Kier alpha value is -2.81. The van der Waals surface area contributed by atoms with Gasteiger partial charge in [-0.1, -0.05) is 35.3 Å². The average molecular weight is 449 g/mol. The molecule has 0 amide bonds. The van der Waals surface area contributed by atoms with Crippen molar-refractivity contribution in [2.24, 2.45) is 0 Å². The minimum Gasteiger partial charge on any atom is -0.461 e. The highest BCUT2D eigenvalue weighted by molar-refractivity contribution is 7.90. The highest BCUT2D eigenvalue weighted by Crippen LogP contribution is 2.24. The zero-order valence-electron chi connectivity index (χ0n) is 14.8. The molecule has 1 N–H and O–H groups in total. The number of aromatic nitrogens is 3. The predicted octanol–water partition coefficient (Wildman–Crippen LogP) is 4.69. The molecule has 0 unspecified atom stereocenters. The van der Waals surface area contributed by atoms with Gasteiger partial charge in [0.1, 0.15) is 0 Å².